The van der Waals surface area contributed by atoms with Gasteiger partial charge in [0, 0.05) is 18.9 Å². The van der Waals surface area contributed by atoms with Gasteiger partial charge in [0.05, 0.1) is 0 Å². The van der Waals surface area contributed by atoms with Crippen LogP contribution in [0.2, 0.25) is 0 Å². The largest absolute Gasteiger partial charge is 0.339 e. The second-order valence-electron chi connectivity index (χ2n) is 5.05. The van der Waals surface area contributed by atoms with Gasteiger partial charge in [-0.15, -0.1) is 0 Å². The molecule has 1 unspecified atom stereocenters. The molecule has 0 saturated heterocycles. The van der Waals surface area contributed by atoms with Gasteiger partial charge < -0.3 is 9.84 Å². The number of likely N-dealkylation sites (N-methyl/N-ethyl adjacent to an activating group) is 1. The minimum absolute atomic E-state index is 0.396. The number of hydrogen-bond donors (Lipinski definition) is 1. The molecule has 0 radical (unpaired) electrons. The minimum atomic E-state index is 0.396. The van der Waals surface area contributed by atoms with Gasteiger partial charge in [0.1, 0.15) is 0 Å². The van der Waals surface area contributed by atoms with Crippen LogP contribution in [-0.4, -0.2) is 23.2 Å². The minimum Gasteiger partial charge on any atom is -0.339 e. The molecule has 0 saturated carbocycles. The van der Waals surface area contributed by atoms with E-state index in [4.69, 9.17) is 4.52 Å². The van der Waals surface area contributed by atoms with Gasteiger partial charge in [0.25, 0.3) is 0 Å². The van der Waals surface area contributed by atoms with Crippen LogP contribution < -0.4 is 5.32 Å². The molecule has 4 nitrogen and oxygen atoms in total. The fourth-order valence-corrected chi connectivity index (χ4v) is 1.68. The summed E-state index contributed by atoms with van der Waals surface area (Å²) in [5, 5.41) is 7.26. The first kappa shape index (κ1) is 13.2. The zero-order valence-electron chi connectivity index (χ0n) is 10.9. The summed E-state index contributed by atoms with van der Waals surface area (Å²) in [6.45, 7) is 8.68. The molecule has 92 valence electrons. The Kier molecular flexibility index (Phi) is 4.93. The van der Waals surface area contributed by atoms with Crippen LogP contribution in [0.4, 0.5) is 0 Å². The maximum atomic E-state index is 5.25. The van der Waals surface area contributed by atoms with Crippen molar-refractivity contribution in [1.29, 1.82) is 0 Å². The predicted octanol–water partition coefficient (Wildman–Crippen LogP) is 2.05. The van der Waals surface area contributed by atoms with E-state index < -0.39 is 0 Å². The first-order chi connectivity index (χ1) is 7.52. The molecule has 0 aliphatic rings. The van der Waals surface area contributed by atoms with Crippen LogP contribution in [-0.2, 0) is 12.8 Å². The maximum Gasteiger partial charge on any atom is 0.228 e. The Bertz CT molecular complexity index is 307. The summed E-state index contributed by atoms with van der Waals surface area (Å²) in [7, 11) is 1.97. The summed E-state index contributed by atoms with van der Waals surface area (Å²) in [5.74, 6) is 2.69. The average Bonchev–Trinajstić information content (AvgIpc) is 2.60. The third-order valence-electron chi connectivity index (χ3n) is 2.67. The van der Waals surface area contributed by atoms with E-state index in [1.54, 1.807) is 0 Å². The van der Waals surface area contributed by atoms with Crippen molar-refractivity contribution in [1.82, 2.24) is 15.5 Å². The molecule has 1 aromatic rings. The van der Waals surface area contributed by atoms with Crippen molar-refractivity contribution >= 4 is 0 Å². The topological polar surface area (TPSA) is 51.0 Å². The molecule has 0 aliphatic heterocycles. The summed E-state index contributed by atoms with van der Waals surface area (Å²) in [6.07, 6.45) is 1.69. The third-order valence-corrected chi connectivity index (χ3v) is 2.67. The first-order valence-corrected chi connectivity index (χ1v) is 6.01. The van der Waals surface area contributed by atoms with Crippen LogP contribution >= 0.6 is 0 Å². The predicted molar refractivity (Wildman–Crippen MR) is 64.2 cm³/mol. The van der Waals surface area contributed by atoms with E-state index in [1.807, 2.05) is 7.05 Å². The van der Waals surface area contributed by atoms with E-state index in [0.717, 1.165) is 24.6 Å². The third kappa shape index (κ3) is 3.93. The fraction of sp³-hybridized carbons (Fsp3) is 0.833. The van der Waals surface area contributed by atoms with Crippen molar-refractivity contribution in [2.75, 3.05) is 7.05 Å². The number of nitrogens with zero attached hydrogens (tertiary/aromatic N) is 2. The summed E-state index contributed by atoms with van der Waals surface area (Å²) in [5.41, 5.74) is 0. The summed E-state index contributed by atoms with van der Waals surface area (Å²) in [6, 6.07) is 0.396. The fourth-order valence-electron chi connectivity index (χ4n) is 1.68. The van der Waals surface area contributed by atoms with Gasteiger partial charge in [0.15, 0.2) is 5.82 Å². The molecular formula is C12H23N3O. The summed E-state index contributed by atoms with van der Waals surface area (Å²) >= 11 is 0. The molecule has 0 spiro atoms. The molecule has 1 N–H and O–H groups in total. The van der Waals surface area contributed by atoms with Crippen LogP contribution in [0.5, 0.6) is 0 Å². The molecule has 4 heteroatoms. The number of rotatable bonds is 6. The maximum absolute atomic E-state index is 5.25. The van der Waals surface area contributed by atoms with Gasteiger partial charge >= 0.3 is 0 Å². The Morgan fingerprint density at radius 1 is 1.19 bits per heavy atom. The van der Waals surface area contributed by atoms with Crippen molar-refractivity contribution in [3.05, 3.63) is 11.7 Å². The number of nitrogens with one attached hydrogen (secondary N) is 1. The van der Waals surface area contributed by atoms with Crippen molar-refractivity contribution < 1.29 is 4.52 Å². The van der Waals surface area contributed by atoms with Gasteiger partial charge in [-0.3, -0.25) is 0 Å². The first-order valence-electron chi connectivity index (χ1n) is 6.01. The highest BCUT2D eigenvalue weighted by molar-refractivity contribution is 4.90. The smallest absolute Gasteiger partial charge is 0.228 e. The van der Waals surface area contributed by atoms with Gasteiger partial charge in [0.2, 0.25) is 5.89 Å². The molecule has 1 aromatic heterocycles. The molecule has 1 heterocycles. The SMILES string of the molecule is CNC(Cc1nc(CC(C)C)no1)C(C)C. The van der Waals surface area contributed by atoms with E-state index in [1.165, 1.54) is 0 Å². The molecular weight excluding hydrogens is 202 g/mol. The standard InChI is InChI=1S/C12H23N3O/c1-8(2)6-11-14-12(16-15-11)7-10(13-5)9(3)4/h8-10,13H,6-7H2,1-5H3. The average molecular weight is 225 g/mol. The molecule has 0 fully saturated rings. The highest BCUT2D eigenvalue weighted by atomic mass is 16.5. The Labute approximate surface area is 97.8 Å². The zero-order valence-corrected chi connectivity index (χ0v) is 10.9. The van der Waals surface area contributed by atoms with Crippen LogP contribution in [0, 0.1) is 11.8 Å². The van der Waals surface area contributed by atoms with Crippen molar-refractivity contribution in [3.8, 4) is 0 Å². The number of hydrogen-bond acceptors (Lipinski definition) is 4. The molecule has 1 rings (SSSR count). The Hall–Kier alpha value is -0.900. The highest BCUT2D eigenvalue weighted by Gasteiger charge is 2.16. The quantitative estimate of drug-likeness (QED) is 0.805. The lowest BCUT2D eigenvalue weighted by Crippen LogP contribution is -2.32. The van der Waals surface area contributed by atoms with Gasteiger partial charge in [-0.05, 0) is 18.9 Å². The lowest BCUT2D eigenvalue weighted by Gasteiger charge is -2.17. The molecule has 0 aromatic carbocycles. The molecule has 16 heavy (non-hydrogen) atoms. The lowest BCUT2D eigenvalue weighted by atomic mass is 10.0. The highest BCUT2D eigenvalue weighted by Crippen LogP contribution is 2.10. The van der Waals surface area contributed by atoms with E-state index in [9.17, 15) is 0 Å². The second kappa shape index (κ2) is 5.99. The van der Waals surface area contributed by atoms with Crippen molar-refractivity contribution in [2.24, 2.45) is 11.8 Å². The second-order valence-corrected chi connectivity index (χ2v) is 5.05. The van der Waals surface area contributed by atoms with Gasteiger partial charge in [-0.25, -0.2) is 0 Å². The van der Waals surface area contributed by atoms with Crippen LogP contribution in [0.15, 0.2) is 4.52 Å². The van der Waals surface area contributed by atoms with Crippen LogP contribution in [0.3, 0.4) is 0 Å². The molecule has 0 aliphatic carbocycles. The summed E-state index contributed by atoms with van der Waals surface area (Å²) < 4.78 is 5.25. The number of aromatic nitrogens is 2. The van der Waals surface area contributed by atoms with Crippen molar-refractivity contribution in [2.45, 2.75) is 46.6 Å². The summed E-state index contributed by atoms with van der Waals surface area (Å²) in [4.78, 5) is 4.40. The Morgan fingerprint density at radius 3 is 2.38 bits per heavy atom. The van der Waals surface area contributed by atoms with E-state index in [0.29, 0.717) is 17.9 Å². The normalized spacial score (nSPS) is 13.7. The van der Waals surface area contributed by atoms with E-state index >= 15 is 0 Å². The Balaban J connectivity index is 2.57. The molecule has 0 bridgehead atoms. The van der Waals surface area contributed by atoms with E-state index in [2.05, 4.69) is 43.2 Å². The zero-order chi connectivity index (χ0) is 12.1. The lowest BCUT2D eigenvalue weighted by molar-refractivity contribution is 0.332. The molecule has 0 amide bonds. The van der Waals surface area contributed by atoms with Crippen LogP contribution in [0.1, 0.15) is 39.4 Å². The Morgan fingerprint density at radius 2 is 1.88 bits per heavy atom. The molecule has 1 atom stereocenters. The van der Waals surface area contributed by atoms with E-state index in [-0.39, 0.29) is 0 Å². The van der Waals surface area contributed by atoms with Crippen LogP contribution in [0.25, 0.3) is 0 Å². The van der Waals surface area contributed by atoms with Gasteiger partial charge in [-0.1, -0.05) is 32.9 Å². The monoisotopic (exact) mass is 225 g/mol. The van der Waals surface area contributed by atoms with Crippen molar-refractivity contribution in [3.63, 3.8) is 0 Å². The van der Waals surface area contributed by atoms with Gasteiger partial charge in [-0.2, -0.15) is 4.98 Å².